The van der Waals surface area contributed by atoms with Crippen LogP contribution in [0.2, 0.25) is 10.0 Å². The van der Waals surface area contributed by atoms with Crippen LogP contribution >= 0.6 is 23.2 Å². The second kappa shape index (κ2) is 6.42. The van der Waals surface area contributed by atoms with Gasteiger partial charge >= 0.3 is 0 Å². The summed E-state index contributed by atoms with van der Waals surface area (Å²) in [6.07, 6.45) is 0. The molecule has 0 unspecified atom stereocenters. The minimum Gasteiger partial charge on any atom is -0.310 e. The third-order valence-corrected chi connectivity index (χ3v) is 3.43. The molecule has 0 radical (unpaired) electrons. The summed E-state index contributed by atoms with van der Waals surface area (Å²) in [7, 11) is 0. The van der Waals surface area contributed by atoms with E-state index in [1.807, 2.05) is 12.1 Å². The number of hydrogen-bond acceptors (Lipinski definition) is 1. The second-order valence-electron chi connectivity index (χ2n) is 4.86. The molecule has 2 aromatic rings. The van der Waals surface area contributed by atoms with Crippen molar-refractivity contribution < 1.29 is 0 Å². The molecule has 0 amide bonds. The Hall–Kier alpha value is -1.02. The third kappa shape index (κ3) is 3.97. The largest absolute Gasteiger partial charge is 0.310 e. The summed E-state index contributed by atoms with van der Waals surface area (Å²) in [5.41, 5.74) is 3.37. The molecule has 0 fully saturated rings. The maximum absolute atomic E-state index is 6.24. The fourth-order valence-corrected chi connectivity index (χ4v) is 2.41. The number of rotatable bonds is 4. The van der Waals surface area contributed by atoms with Crippen LogP contribution in [0.3, 0.4) is 0 Å². The zero-order valence-electron chi connectivity index (χ0n) is 11.1. The molecule has 0 heterocycles. The van der Waals surface area contributed by atoms with Gasteiger partial charge in [0.2, 0.25) is 0 Å². The van der Waals surface area contributed by atoms with E-state index in [1.165, 1.54) is 5.56 Å². The monoisotopic (exact) mass is 293 g/mol. The van der Waals surface area contributed by atoms with E-state index < -0.39 is 0 Å². The van der Waals surface area contributed by atoms with Crippen molar-refractivity contribution in [3.63, 3.8) is 0 Å². The lowest BCUT2D eigenvalue weighted by Gasteiger charge is -2.10. The van der Waals surface area contributed by atoms with Crippen LogP contribution in [0, 0.1) is 0 Å². The van der Waals surface area contributed by atoms with Crippen LogP contribution in [0.4, 0.5) is 0 Å². The Morgan fingerprint density at radius 2 is 1.84 bits per heavy atom. The van der Waals surface area contributed by atoms with Crippen molar-refractivity contribution in [3.05, 3.63) is 58.1 Å². The molecule has 2 rings (SSSR count). The summed E-state index contributed by atoms with van der Waals surface area (Å²) < 4.78 is 0. The first-order valence-electron chi connectivity index (χ1n) is 6.34. The van der Waals surface area contributed by atoms with Crippen LogP contribution in [0.25, 0.3) is 11.1 Å². The molecule has 0 saturated carbocycles. The standard InChI is InChI=1S/C16H17Cl2N/c1-11(2)19-10-12-4-3-5-13(8-12)15-7-6-14(17)9-16(15)18/h3-9,11,19H,10H2,1-2H3. The zero-order valence-corrected chi connectivity index (χ0v) is 12.6. The average Bonchev–Trinajstić information content (AvgIpc) is 2.36. The van der Waals surface area contributed by atoms with Crippen LogP contribution in [-0.2, 0) is 6.54 Å². The minimum absolute atomic E-state index is 0.475. The van der Waals surface area contributed by atoms with E-state index in [0.29, 0.717) is 16.1 Å². The van der Waals surface area contributed by atoms with Crippen molar-refractivity contribution in [3.8, 4) is 11.1 Å². The molecule has 0 aromatic heterocycles. The van der Waals surface area contributed by atoms with Gasteiger partial charge in [0.05, 0.1) is 0 Å². The molecule has 100 valence electrons. The highest BCUT2D eigenvalue weighted by atomic mass is 35.5. The Morgan fingerprint density at radius 1 is 1.05 bits per heavy atom. The summed E-state index contributed by atoms with van der Waals surface area (Å²) >= 11 is 12.2. The van der Waals surface area contributed by atoms with Crippen molar-refractivity contribution >= 4 is 23.2 Å². The van der Waals surface area contributed by atoms with Crippen LogP contribution in [0.15, 0.2) is 42.5 Å². The predicted molar refractivity (Wildman–Crippen MR) is 83.9 cm³/mol. The Kier molecular flexibility index (Phi) is 4.87. The van der Waals surface area contributed by atoms with Gasteiger partial charge < -0.3 is 5.32 Å². The van der Waals surface area contributed by atoms with E-state index in [-0.39, 0.29) is 0 Å². The molecule has 0 atom stereocenters. The second-order valence-corrected chi connectivity index (χ2v) is 5.70. The fraction of sp³-hybridized carbons (Fsp3) is 0.250. The fourth-order valence-electron chi connectivity index (χ4n) is 1.89. The lowest BCUT2D eigenvalue weighted by molar-refractivity contribution is 0.589. The summed E-state index contributed by atoms with van der Waals surface area (Å²) in [5, 5.41) is 4.75. The highest BCUT2D eigenvalue weighted by Gasteiger charge is 2.05. The van der Waals surface area contributed by atoms with Gasteiger partial charge in [-0.25, -0.2) is 0 Å². The lowest BCUT2D eigenvalue weighted by Crippen LogP contribution is -2.21. The molecule has 3 heteroatoms. The van der Waals surface area contributed by atoms with Gasteiger partial charge in [0.25, 0.3) is 0 Å². The summed E-state index contributed by atoms with van der Waals surface area (Å²) in [5.74, 6) is 0. The van der Waals surface area contributed by atoms with Crippen molar-refractivity contribution in [1.82, 2.24) is 5.32 Å². The average molecular weight is 294 g/mol. The van der Waals surface area contributed by atoms with E-state index in [9.17, 15) is 0 Å². The van der Waals surface area contributed by atoms with Gasteiger partial charge in [-0.1, -0.05) is 61.3 Å². The van der Waals surface area contributed by atoms with E-state index >= 15 is 0 Å². The number of hydrogen-bond donors (Lipinski definition) is 1. The highest BCUT2D eigenvalue weighted by Crippen LogP contribution is 2.30. The minimum atomic E-state index is 0.475. The van der Waals surface area contributed by atoms with Gasteiger partial charge in [0, 0.05) is 28.2 Å². The molecule has 1 nitrogen and oxygen atoms in total. The van der Waals surface area contributed by atoms with E-state index in [4.69, 9.17) is 23.2 Å². The normalized spacial score (nSPS) is 11.0. The molecular formula is C16H17Cl2N. The van der Waals surface area contributed by atoms with Gasteiger partial charge in [-0.2, -0.15) is 0 Å². The number of nitrogens with one attached hydrogen (secondary N) is 1. The van der Waals surface area contributed by atoms with Crippen molar-refractivity contribution in [2.24, 2.45) is 0 Å². The van der Waals surface area contributed by atoms with Crippen molar-refractivity contribution in [1.29, 1.82) is 0 Å². The van der Waals surface area contributed by atoms with E-state index in [1.54, 1.807) is 6.07 Å². The van der Waals surface area contributed by atoms with Crippen LogP contribution in [0.1, 0.15) is 19.4 Å². The quantitative estimate of drug-likeness (QED) is 0.821. The molecule has 0 spiro atoms. The Bertz CT molecular complexity index is 564. The number of benzene rings is 2. The van der Waals surface area contributed by atoms with E-state index in [0.717, 1.165) is 17.7 Å². The first-order valence-corrected chi connectivity index (χ1v) is 7.09. The molecule has 2 aromatic carbocycles. The molecule has 0 saturated heterocycles. The Morgan fingerprint density at radius 3 is 2.53 bits per heavy atom. The molecule has 0 aliphatic rings. The van der Waals surface area contributed by atoms with Crippen LogP contribution in [0.5, 0.6) is 0 Å². The maximum Gasteiger partial charge on any atom is 0.0499 e. The lowest BCUT2D eigenvalue weighted by atomic mass is 10.0. The number of halogens is 2. The molecule has 1 N–H and O–H groups in total. The van der Waals surface area contributed by atoms with Gasteiger partial charge in [0.1, 0.15) is 0 Å². The topological polar surface area (TPSA) is 12.0 Å². The molecular weight excluding hydrogens is 277 g/mol. The smallest absolute Gasteiger partial charge is 0.0499 e. The highest BCUT2D eigenvalue weighted by molar-refractivity contribution is 6.36. The summed E-state index contributed by atoms with van der Waals surface area (Å²) in [6.45, 7) is 5.14. The van der Waals surface area contributed by atoms with Crippen molar-refractivity contribution in [2.75, 3.05) is 0 Å². The van der Waals surface area contributed by atoms with Gasteiger partial charge in [-0.15, -0.1) is 0 Å². The van der Waals surface area contributed by atoms with Gasteiger partial charge in [0.15, 0.2) is 0 Å². The van der Waals surface area contributed by atoms with Gasteiger partial charge in [-0.3, -0.25) is 0 Å². The first-order chi connectivity index (χ1) is 9.06. The maximum atomic E-state index is 6.24. The SMILES string of the molecule is CC(C)NCc1cccc(-c2ccc(Cl)cc2Cl)c1. The summed E-state index contributed by atoms with van der Waals surface area (Å²) in [4.78, 5) is 0. The van der Waals surface area contributed by atoms with Crippen LogP contribution in [-0.4, -0.2) is 6.04 Å². The van der Waals surface area contributed by atoms with Gasteiger partial charge in [-0.05, 0) is 29.3 Å². The Labute approximate surface area is 124 Å². The molecule has 0 aliphatic carbocycles. The van der Waals surface area contributed by atoms with E-state index in [2.05, 4.69) is 43.4 Å². The molecule has 0 aliphatic heterocycles. The third-order valence-electron chi connectivity index (χ3n) is 2.88. The summed E-state index contributed by atoms with van der Waals surface area (Å²) in [6, 6.07) is 14.5. The predicted octanol–water partition coefficient (Wildman–Crippen LogP) is 5.16. The zero-order chi connectivity index (χ0) is 13.8. The van der Waals surface area contributed by atoms with Crippen LogP contribution < -0.4 is 5.32 Å². The molecule has 19 heavy (non-hydrogen) atoms. The molecule has 0 bridgehead atoms. The van der Waals surface area contributed by atoms with Crippen molar-refractivity contribution in [2.45, 2.75) is 26.4 Å². The first kappa shape index (κ1) is 14.4. The Balaban J connectivity index is 2.27.